The number of alkyl halides is 1. The number of halogens is 2. The summed E-state index contributed by atoms with van der Waals surface area (Å²) in [5.41, 5.74) is 0. The number of anilines is 1. The maximum Gasteiger partial charge on any atom is 0.225 e. The van der Waals surface area contributed by atoms with Gasteiger partial charge in [0.1, 0.15) is 0 Å². The van der Waals surface area contributed by atoms with Crippen LogP contribution < -0.4 is 4.90 Å². The molecular weight excluding hydrogens is 357 g/mol. The minimum Gasteiger partial charge on any atom is -0.344 e. The molecule has 0 aromatic carbocycles. The van der Waals surface area contributed by atoms with Gasteiger partial charge in [-0.3, -0.25) is 0 Å². The van der Waals surface area contributed by atoms with Crippen molar-refractivity contribution in [2.45, 2.75) is 18.2 Å². The molecule has 14 heavy (non-hydrogen) atoms. The molecule has 0 amide bonds. The maximum atomic E-state index is 4.25. The Hall–Kier alpha value is 0.0900. The lowest BCUT2D eigenvalue weighted by atomic mass is 10.3. The van der Waals surface area contributed by atoms with Gasteiger partial charge in [0.15, 0.2) is 0 Å². The summed E-state index contributed by atoms with van der Waals surface area (Å²) in [4.78, 5) is 11.1. The molecule has 0 aliphatic carbocycles. The first-order chi connectivity index (χ1) is 6.59. The quantitative estimate of drug-likeness (QED) is 0.603. The Morgan fingerprint density at radius 2 is 2.07 bits per heavy atom. The molecule has 1 rings (SSSR count). The third kappa shape index (κ3) is 4.08. The Kier molecular flexibility index (Phi) is 5.08. The first kappa shape index (κ1) is 12.2. The van der Waals surface area contributed by atoms with Crippen LogP contribution in [0.2, 0.25) is 0 Å². The Morgan fingerprint density at radius 1 is 1.50 bits per heavy atom. The molecule has 0 N–H and O–H groups in total. The van der Waals surface area contributed by atoms with E-state index in [0.717, 1.165) is 22.5 Å². The Labute approximate surface area is 107 Å². The molecule has 0 radical (unpaired) electrons. The molecule has 1 heterocycles. The van der Waals surface area contributed by atoms with Crippen LogP contribution in [-0.2, 0) is 0 Å². The van der Waals surface area contributed by atoms with Crippen molar-refractivity contribution in [1.29, 1.82) is 0 Å². The molecule has 0 fully saturated rings. The average Bonchev–Trinajstić information content (AvgIpc) is 2.15. The van der Waals surface area contributed by atoms with Crippen LogP contribution in [0.4, 0.5) is 5.95 Å². The zero-order valence-electron chi connectivity index (χ0n) is 8.24. The minimum absolute atomic E-state index is 0.536. The first-order valence-corrected chi connectivity index (χ1v) is 6.42. The van der Waals surface area contributed by atoms with Crippen LogP contribution in [-0.4, -0.2) is 28.4 Å². The fourth-order valence-corrected chi connectivity index (χ4v) is 1.46. The highest BCUT2D eigenvalue weighted by atomic mass is 127. The zero-order valence-corrected chi connectivity index (χ0v) is 12.0. The van der Waals surface area contributed by atoms with E-state index in [1.807, 2.05) is 19.4 Å². The van der Waals surface area contributed by atoms with E-state index in [9.17, 15) is 0 Å². The van der Waals surface area contributed by atoms with Gasteiger partial charge in [-0.1, -0.05) is 22.9 Å². The van der Waals surface area contributed by atoms with Gasteiger partial charge in [-0.15, -0.1) is 0 Å². The number of nitrogens with zero attached hydrogens (tertiary/aromatic N) is 3. The Bertz CT molecular complexity index is 276. The average molecular weight is 370 g/mol. The predicted molar refractivity (Wildman–Crippen MR) is 71.0 cm³/mol. The molecule has 0 aliphatic rings. The molecule has 0 saturated heterocycles. The largest absolute Gasteiger partial charge is 0.344 e. The van der Waals surface area contributed by atoms with Crippen molar-refractivity contribution in [1.82, 2.24) is 9.97 Å². The third-order valence-electron chi connectivity index (χ3n) is 1.81. The summed E-state index contributed by atoms with van der Waals surface area (Å²) in [7, 11) is 2.01. The summed E-state index contributed by atoms with van der Waals surface area (Å²) in [5.74, 6) is 0.790. The van der Waals surface area contributed by atoms with Gasteiger partial charge < -0.3 is 4.90 Å². The van der Waals surface area contributed by atoms with E-state index in [2.05, 4.69) is 60.3 Å². The van der Waals surface area contributed by atoms with E-state index in [0.29, 0.717) is 4.83 Å². The topological polar surface area (TPSA) is 29.0 Å². The van der Waals surface area contributed by atoms with Crippen LogP contribution in [0.5, 0.6) is 0 Å². The van der Waals surface area contributed by atoms with Crippen LogP contribution in [0.15, 0.2) is 12.4 Å². The summed E-state index contributed by atoms with van der Waals surface area (Å²) in [6.45, 7) is 3.11. The maximum absolute atomic E-state index is 4.25. The molecular formula is C9H13BrIN3. The molecule has 1 atom stereocenters. The highest BCUT2D eigenvalue weighted by Gasteiger charge is 2.04. The van der Waals surface area contributed by atoms with Gasteiger partial charge in [-0.05, 0) is 29.0 Å². The van der Waals surface area contributed by atoms with Gasteiger partial charge in [-0.25, -0.2) is 9.97 Å². The fourth-order valence-electron chi connectivity index (χ4n) is 0.974. The monoisotopic (exact) mass is 369 g/mol. The molecule has 1 aromatic heterocycles. The summed E-state index contributed by atoms with van der Waals surface area (Å²) >= 11 is 5.72. The van der Waals surface area contributed by atoms with E-state index in [1.54, 1.807) is 0 Å². The van der Waals surface area contributed by atoms with Crippen LogP contribution in [0.3, 0.4) is 0 Å². The molecule has 0 bridgehead atoms. The van der Waals surface area contributed by atoms with Crippen molar-refractivity contribution in [2.75, 3.05) is 18.5 Å². The third-order valence-corrected chi connectivity index (χ3v) is 2.83. The summed E-state index contributed by atoms with van der Waals surface area (Å²) in [6, 6.07) is 0. The van der Waals surface area contributed by atoms with Crippen molar-refractivity contribution in [3.8, 4) is 0 Å². The van der Waals surface area contributed by atoms with Crippen molar-refractivity contribution in [3.63, 3.8) is 0 Å². The number of hydrogen-bond acceptors (Lipinski definition) is 3. The molecule has 0 aliphatic heterocycles. The summed E-state index contributed by atoms with van der Waals surface area (Å²) in [6.07, 6.45) is 4.75. The van der Waals surface area contributed by atoms with E-state index in [-0.39, 0.29) is 0 Å². The fraction of sp³-hybridized carbons (Fsp3) is 0.556. The molecule has 1 aromatic rings. The normalized spacial score (nSPS) is 12.6. The van der Waals surface area contributed by atoms with E-state index < -0.39 is 0 Å². The van der Waals surface area contributed by atoms with Crippen molar-refractivity contribution >= 4 is 44.5 Å². The van der Waals surface area contributed by atoms with E-state index in [1.165, 1.54) is 0 Å². The molecule has 78 valence electrons. The highest BCUT2D eigenvalue weighted by molar-refractivity contribution is 14.1. The van der Waals surface area contributed by atoms with Gasteiger partial charge in [-0.2, -0.15) is 0 Å². The zero-order chi connectivity index (χ0) is 10.6. The van der Waals surface area contributed by atoms with E-state index >= 15 is 0 Å². The van der Waals surface area contributed by atoms with Gasteiger partial charge in [0.25, 0.3) is 0 Å². The molecule has 0 spiro atoms. The summed E-state index contributed by atoms with van der Waals surface area (Å²) < 4.78 is 1.06. The summed E-state index contributed by atoms with van der Waals surface area (Å²) in [5, 5.41) is 0. The van der Waals surface area contributed by atoms with Gasteiger partial charge in [0.05, 0.1) is 0 Å². The second-order valence-electron chi connectivity index (χ2n) is 3.19. The number of hydrogen-bond donors (Lipinski definition) is 0. The predicted octanol–water partition coefficient (Wildman–Crippen LogP) is 2.69. The van der Waals surface area contributed by atoms with Crippen LogP contribution in [0.1, 0.15) is 13.3 Å². The van der Waals surface area contributed by atoms with Gasteiger partial charge in [0.2, 0.25) is 5.95 Å². The lowest BCUT2D eigenvalue weighted by Crippen LogP contribution is -2.22. The number of rotatable bonds is 4. The molecule has 1 unspecified atom stereocenters. The van der Waals surface area contributed by atoms with Crippen molar-refractivity contribution in [3.05, 3.63) is 16.0 Å². The molecule has 5 heteroatoms. The number of aromatic nitrogens is 2. The SMILES string of the molecule is CC(Br)CCN(C)c1ncc(I)cn1. The Morgan fingerprint density at radius 3 is 2.57 bits per heavy atom. The van der Waals surface area contributed by atoms with E-state index in [4.69, 9.17) is 0 Å². The second kappa shape index (κ2) is 5.85. The molecule has 3 nitrogen and oxygen atoms in total. The second-order valence-corrected chi connectivity index (χ2v) is 6.00. The van der Waals surface area contributed by atoms with Crippen molar-refractivity contribution < 1.29 is 0 Å². The Balaban J connectivity index is 2.52. The van der Waals surface area contributed by atoms with Crippen molar-refractivity contribution in [2.24, 2.45) is 0 Å². The lowest BCUT2D eigenvalue weighted by molar-refractivity contribution is 0.767. The molecule has 0 saturated carbocycles. The van der Waals surface area contributed by atoms with Gasteiger partial charge >= 0.3 is 0 Å². The smallest absolute Gasteiger partial charge is 0.225 e. The lowest BCUT2D eigenvalue weighted by Gasteiger charge is -2.17. The first-order valence-electron chi connectivity index (χ1n) is 4.42. The van der Waals surface area contributed by atoms with Crippen LogP contribution in [0, 0.1) is 3.57 Å². The van der Waals surface area contributed by atoms with Crippen LogP contribution in [0.25, 0.3) is 0 Å². The standard InChI is InChI=1S/C9H13BrIN3/c1-7(10)3-4-14(2)9-12-5-8(11)6-13-9/h5-7H,3-4H2,1-2H3. The van der Waals surface area contributed by atoms with Crippen LogP contribution >= 0.6 is 38.5 Å². The van der Waals surface area contributed by atoms with Gasteiger partial charge in [0, 0.05) is 34.4 Å². The minimum atomic E-state index is 0.536. The highest BCUT2D eigenvalue weighted by Crippen LogP contribution is 2.09.